The topological polar surface area (TPSA) is 95.5 Å². The van der Waals surface area contributed by atoms with E-state index in [9.17, 15) is 13.2 Å². The van der Waals surface area contributed by atoms with Gasteiger partial charge in [-0.1, -0.05) is 19.1 Å². The van der Waals surface area contributed by atoms with Gasteiger partial charge in [0.15, 0.2) is 0 Å². The molecule has 0 saturated heterocycles. The standard InChI is InChI=1S/C11H16N2O4S/c1-2-12-18(16,17)13-8-7-9-3-5-10(6-4-9)11(14)15/h3-6,12-13H,2,7-8H2,1H3,(H,14,15). The summed E-state index contributed by atoms with van der Waals surface area (Å²) >= 11 is 0. The zero-order chi connectivity index (χ0) is 13.6. The Labute approximate surface area is 106 Å². The van der Waals surface area contributed by atoms with E-state index in [0.717, 1.165) is 5.56 Å². The van der Waals surface area contributed by atoms with Crippen LogP contribution in [0.2, 0.25) is 0 Å². The van der Waals surface area contributed by atoms with Gasteiger partial charge in [0.25, 0.3) is 10.2 Å². The molecule has 0 aliphatic carbocycles. The minimum absolute atomic E-state index is 0.215. The molecule has 0 heterocycles. The fourth-order valence-corrected chi connectivity index (χ4v) is 2.24. The van der Waals surface area contributed by atoms with Crippen LogP contribution in [0.3, 0.4) is 0 Å². The molecule has 1 aromatic rings. The molecule has 0 fully saturated rings. The first-order valence-corrected chi connectivity index (χ1v) is 6.99. The second-order valence-electron chi connectivity index (χ2n) is 3.65. The molecular weight excluding hydrogens is 256 g/mol. The Hall–Kier alpha value is -1.44. The minimum Gasteiger partial charge on any atom is -0.478 e. The highest BCUT2D eigenvalue weighted by molar-refractivity contribution is 7.87. The number of rotatable bonds is 7. The van der Waals surface area contributed by atoms with Crippen LogP contribution in [0.15, 0.2) is 24.3 Å². The van der Waals surface area contributed by atoms with Gasteiger partial charge < -0.3 is 5.11 Å². The Morgan fingerprint density at radius 3 is 2.33 bits per heavy atom. The van der Waals surface area contributed by atoms with Crippen molar-refractivity contribution in [3.05, 3.63) is 35.4 Å². The van der Waals surface area contributed by atoms with Crippen LogP contribution in [0.25, 0.3) is 0 Å². The molecule has 0 radical (unpaired) electrons. The molecule has 1 rings (SSSR count). The summed E-state index contributed by atoms with van der Waals surface area (Å²) in [5, 5.41) is 8.72. The normalized spacial score (nSPS) is 11.4. The number of carbonyl (C=O) groups is 1. The van der Waals surface area contributed by atoms with Crippen molar-refractivity contribution in [1.29, 1.82) is 0 Å². The van der Waals surface area contributed by atoms with E-state index in [4.69, 9.17) is 5.11 Å². The third-order valence-corrected chi connectivity index (χ3v) is 3.49. The molecule has 7 heteroatoms. The predicted octanol–water partition coefficient (Wildman–Crippen LogP) is 0.371. The van der Waals surface area contributed by atoms with Crippen molar-refractivity contribution in [1.82, 2.24) is 9.44 Å². The molecule has 0 bridgehead atoms. The molecule has 0 aliphatic rings. The lowest BCUT2D eigenvalue weighted by atomic mass is 10.1. The zero-order valence-electron chi connectivity index (χ0n) is 10.0. The largest absolute Gasteiger partial charge is 0.478 e. The molecule has 0 spiro atoms. The monoisotopic (exact) mass is 272 g/mol. The summed E-state index contributed by atoms with van der Waals surface area (Å²) in [7, 11) is -3.42. The Bertz CT molecular complexity index is 496. The molecule has 0 atom stereocenters. The first kappa shape index (κ1) is 14.6. The zero-order valence-corrected chi connectivity index (χ0v) is 10.8. The van der Waals surface area contributed by atoms with Crippen LogP contribution >= 0.6 is 0 Å². The van der Waals surface area contributed by atoms with Crippen LogP contribution in [-0.4, -0.2) is 32.6 Å². The highest BCUT2D eigenvalue weighted by Crippen LogP contribution is 2.04. The summed E-state index contributed by atoms with van der Waals surface area (Å²) < 4.78 is 27.2. The molecule has 18 heavy (non-hydrogen) atoms. The average Bonchev–Trinajstić information content (AvgIpc) is 2.29. The first-order valence-electron chi connectivity index (χ1n) is 5.51. The SMILES string of the molecule is CCNS(=O)(=O)NCCc1ccc(C(=O)O)cc1. The maximum absolute atomic E-state index is 11.3. The fraction of sp³-hybridized carbons (Fsp3) is 0.364. The fourth-order valence-electron chi connectivity index (χ4n) is 1.38. The van der Waals surface area contributed by atoms with Crippen LogP contribution in [0.4, 0.5) is 0 Å². The lowest BCUT2D eigenvalue weighted by Crippen LogP contribution is -2.37. The van der Waals surface area contributed by atoms with Crippen LogP contribution in [0.1, 0.15) is 22.8 Å². The molecule has 3 N–H and O–H groups in total. The van der Waals surface area contributed by atoms with Crippen molar-refractivity contribution in [2.75, 3.05) is 13.1 Å². The van der Waals surface area contributed by atoms with Crippen molar-refractivity contribution in [2.45, 2.75) is 13.3 Å². The van der Waals surface area contributed by atoms with Gasteiger partial charge in [-0.15, -0.1) is 0 Å². The van der Waals surface area contributed by atoms with Crippen LogP contribution in [0.5, 0.6) is 0 Å². The summed E-state index contributed by atoms with van der Waals surface area (Å²) in [6.45, 7) is 2.30. The molecule has 1 aromatic carbocycles. The van der Waals surface area contributed by atoms with Crippen LogP contribution in [0, 0.1) is 0 Å². The Balaban J connectivity index is 2.47. The van der Waals surface area contributed by atoms with Crippen molar-refractivity contribution < 1.29 is 18.3 Å². The highest BCUT2D eigenvalue weighted by atomic mass is 32.2. The van der Waals surface area contributed by atoms with E-state index in [1.54, 1.807) is 19.1 Å². The maximum Gasteiger partial charge on any atom is 0.335 e. The van der Waals surface area contributed by atoms with Gasteiger partial charge in [0.1, 0.15) is 0 Å². The third kappa shape index (κ3) is 4.82. The molecule has 0 aliphatic heterocycles. The van der Waals surface area contributed by atoms with E-state index >= 15 is 0 Å². The summed E-state index contributed by atoms with van der Waals surface area (Å²) in [4.78, 5) is 10.6. The highest BCUT2D eigenvalue weighted by Gasteiger charge is 2.06. The maximum atomic E-state index is 11.3. The minimum atomic E-state index is -3.42. The van der Waals surface area contributed by atoms with Crippen molar-refractivity contribution in [3.63, 3.8) is 0 Å². The van der Waals surface area contributed by atoms with Crippen molar-refractivity contribution in [3.8, 4) is 0 Å². The predicted molar refractivity (Wildman–Crippen MR) is 67.7 cm³/mol. The summed E-state index contributed by atoms with van der Waals surface area (Å²) in [6.07, 6.45) is 0.504. The van der Waals surface area contributed by atoms with Crippen LogP contribution in [-0.2, 0) is 16.6 Å². The lowest BCUT2D eigenvalue weighted by molar-refractivity contribution is 0.0697. The summed E-state index contributed by atoms with van der Waals surface area (Å²) in [6, 6.07) is 6.34. The summed E-state index contributed by atoms with van der Waals surface area (Å²) in [5.74, 6) is -0.977. The van der Waals surface area contributed by atoms with E-state index in [1.165, 1.54) is 12.1 Å². The van der Waals surface area contributed by atoms with Crippen molar-refractivity contribution in [2.24, 2.45) is 0 Å². The molecule has 6 nitrogen and oxygen atoms in total. The van der Waals surface area contributed by atoms with Crippen LogP contribution < -0.4 is 9.44 Å². The molecule has 0 amide bonds. The van der Waals surface area contributed by atoms with E-state index in [1.807, 2.05) is 0 Å². The van der Waals surface area contributed by atoms with Gasteiger partial charge in [-0.3, -0.25) is 0 Å². The molecular formula is C11H16N2O4S. The summed E-state index contributed by atoms with van der Waals surface area (Å²) in [5.41, 5.74) is 1.09. The second kappa shape index (κ2) is 6.48. The lowest BCUT2D eigenvalue weighted by Gasteiger charge is -2.06. The number of hydrogen-bond donors (Lipinski definition) is 3. The number of aromatic carboxylic acids is 1. The quantitative estimate of drug-likeness (QED) is 0.668. The van der Waals surface area contributed by atoms with Gasteiger partial charge in [-0.05, 0) is 24.1 Å². The first-order chi connectivity index (χ1) is 8.44. The second-order valence-corrected chi connectivity index (χ2v) is 5.23. The van der Waals surface area contributed by atoms with Gasteiger partial charge in [-0.2, -0.15) is 8.42 Å². The smallest absolute Gasteiger partial charge is 0.335 e. The number of carboxylic acids is 1. The Morgan fingerprint density at radius 1 is 1.22 bits per heavy atom. The van der Waals surface area contributed by atoms with Gasteiger partial charge in [-0.25, -0.2) is 14.2 Å². The van der Waals surface area contributed by atoms with E-state index in [-0.39, 0.29) is 12.1 Å². The van der Waals surface area contributed by atoms with Crippen molar-refractivity contribution >= 4 is 16.2 Å². The number of benzene rings is 1. The van der Waals surface area contributed by atoms with Gasteiger partial charge in [0.05, 0.1) is 5.56 Å². The molecule has 100 valence electrons. The molecule has 0 unspecified atom stereocenters. The Morgan fingerprint density at radius 2 is 1.83 bits per heavy atom. The molecule has 0 saturated carbocycles. The van der Waals surface area contributed by atoms with E-state index < -0.39 is 16.2 Å². The number of hydrogen-bond acceptors (Lipinski definition) is 3. The molecule has 0 aromatic heterocycles. The number of carboxylic acid groups (broad SMARTS) is 1. The average molecular weight is 272 g/mol. The third-order valence-electron chi connectivity index (χ3n) is 2.24. The van der Waals surface area contributed by atoms with Gasteiger partial charge >= 0.3 is 5.97 Å². The van der Waals surface area contributed by atoms with E-state index in [0.29, 0.717) is 13.0 Å². The number of nitrogens with one attached hydrogen (secondary N) is 2. The Kier molecular flexibility index (Phi) is 5.26. The van der Waals surface area contributed by atoms with Gasteiger partial charge in [0, 0.05) is 13.1 Å². The van der Waals surface area contributed by atoms with Gasteiger partial charge in [0.2, 0.25) is 0 Å². The van der Waals surface area contributed by atoms with E-state index in [2.05, 4.69) is 9.44 Å².